The summed E-state index contributed by atoms with van der Waals surface area (Å²) in [7, 11) is 0. The van der Waals surface area contributed by atoms with Crippen LogP contribution in [0.25, 0.3) is 10.9 Å². The van der Waals surface area contributed by atoms with E-state index in [1.165, 1.54) is 16.5 Å². The maximum Gasteiger partial charge on any atom is 0.242 e. The Labute approximate surface area is 196 Å². The third kappa shape index (κ3) is 6.04. The Hall–Kier alpha value is -3.08. The molecule has 0 spiro atoms. The van der Waals surface area contributed by atoms with E-state index in [1.807, 2.05) is 23.2 Å². The van der Waals surface area contributed by atoms with E-state index in [9.17, 15) is 9.59 Å². The number of nitrogens with zero attached hydrogens (tertiary/aromatic N) is 2. The molecule has 0 radical (unpaired) electrons. The molecule has 1 N–H and O–H groups in total. The van der Waals surface area contributed by atoms with Gasteiger partial charge in [-0.2, -0.15) is 0 Å². The number of aromatic amines is 1. The van der Waals surface area contributed by atoms with E-state index >= 15 is 0 Å². The first-order valence-corrected chi connectivity index (χ1v) is 12.1. The van der Waals surface area contributed by atoms with Crippen molar-refractivity contribution in [2.45, 2.75) is 46.6 Å². The topological polar surface area (TPSA) is 56.4 Å². The Kier molecular flexibility index (Phi) is 7.17. The predicted octanol–water partition coefficient (Wildman–Crippen LogP) is 4.94. The van der Waals surface area contributed by atoms with Crippen molar-refractivity contribution >= 4 is 22.7 Å². The van der Waals surface area contributed by atoms with Crippen molar-refractivity contribution in [1.82, 2.24) is 14.8 Å². The average molecular weight is 446 g/mol. The summed E-state index contributed by atoms with van der Waals surface area (Å²) < 4.78 is 0. The second-order valence-corrected chi connectivity index (χ2v) is 9.80. The maximum absolute atomic E-state index is 13.5. The molecule has 0 unspecified atom stereocenters. The zero-order valence-corrected chi connectivity index (χ0v) is 20.0. The number of para-hydroxylation sites is 1. The number of aryl methyl sites for hydroxylation is 1. The van der Waals surface area contributed by atoms with Gasteiger partial charge >= 0.3 is 0 Å². The molecular weight excluding hydrogens is 410 g/mol. The molecule has 33 heavy (non-hydrogen) atoms. The van der Waals surface area contributed by atoms with Crippen LogP contribution in [0, 0.1) is 18.8 Å². The van der Waals surface area contributed by atoms with E-state index in [1.54, 1.807) is 4.90 Å². The molecule has 1 aliphatic rings. The Morgan fingerprint density at radius 1 is 1.03 bits per heavy atom. The Balaban J connectivity index is 1.50. The van der Waals surface area contributed by atoms with Crippen molar-refractivity contribution in [3.05, 3.63) is 71.4 Å². The Bertz CT molecular complexity index is 1100. The van der Waals surface area contributed by atoms with Gasteiger partial charge < -0.3 is 14.8 Å². The zero-order chi connectivity index (χ0) is 23.4. The molecule has 0 saturated heterocycles. The van der Waals surface area contributed by atoms with Gasteiger partial charge in [0, 0.05) is 42.7 Å². The summed E-state index contributed by atoms with van der Waals surface area (Å²) in [6.07, 6.45) is 4.72. The lowest BCUT2D eigenvalue weighted by Gasteiger charge is -2.29. The minimum atomic E-state index is 0.0186. The van der Waals surface area contributed by atoms with Crippen LogP contribution in [-0.4, -0.2) is 46.2 Å². The Morgan fingerprint density at radius 3 is 2.45 bits per heavy atom. The molecule has 5 nitrogen and oxygen atoms in total. The van der Waals surface area contributed by atoms with Crippen LogP contribution in [0.15, 0.2) is 54.7 Å². The monoisotopic (exact) mass is 445 g/mol. The molecule has 2 amide bonds. The molecule has 1 aromatic heterocycles. The van der Waals surface area contributed by atoms with Crippen molar-refractivity contribution in [3.8, 4) is 0 Å². The normalized spacial score (nSPS) is 13.5. The van der Waals surface area contributed by atoms with E-state index in [4.69, 9.17) is 0 Å². The predicted molar refractivity (Wildman–Crippen MR) is 133 cm³/mol. The summed E-state index contributed by atoms with van der Waals surface area (Å²) in [6, 6.07) is 16.6. The summed E-state index contributed by atoms with van der Waals surface area (Å²) in [5, 5.41) is 1.20. The number of H-pyrrole nitrogens is 1. The quantitative estimate of drug-likeness (QED) is 0.480. The second-order valence-electron chi connectivity index (χ2n) is 9.80. The molecule has 1 aliphatic carbocycles. The fourth-order valence-electron chi connectivity index (χ4n) is 4.32. The summed E-state index contributed by atoms with van der Waals surface area (Å²) in [4.78, 5) is 33.4. The van der Waals surface area contributed by atoms with Gasteiger partial charge in [0.1, 0.15) is 0 Å². The van der Waals surface area contributed by atoms with Crippen LogP contribution in [0.4, 0.5) is 0 Å². The molecule has 1 heterocycles. The zero-order valence-electron chi connectivity index (χ0n) is 20.0. The van der Waals surface area contributed by atoms with Crippen LogP contribution < -0.4 is 0 Å². The minimum Gasteiger partial charge on any atom is -0.361 e. The van der Waals surface area contributed by atoms with Crippen LogP contribution in [0.1, 0.15) is 43.4 Å². The van der Waals surface area contributed by atoms with Crippen molar-refractivity contribution in [2.75, 3.05) is 19.6 Å². The molecule has 1 saturated carbocycles. The van der Waals surface area contributed by atoms with Crippen LogP contribution in [-0.2, 0) is 22.6 Å². The lowest BCUT2D eigenvalue weighted by Crippen LogP contribution is -2.45. The standard InChI is InChI=1S/C28H35N3O2/c1-20(2)17-31(28(33)23-12-13-23)19-27(32)30(18-22-10-8-21(3)9-11-22)15-14-24-16-29-26-7-5-4-6-25(24)26/h4-11,16,20,23,29H,12-15,17-19H2,1-3H3. The van der Waals surface area contributed by atoms with Gasteiger partial charge in [-0.05, 0) is 49.3 Å². The fraction of sp³-hybridized carbons (Fsp3) is 0.429. The number of aromatic nitrogens is 1. The number of benzene rings is 2. The highest BCUT2D eigenvalue weighted by Crippen LogP contribution is 2.31. The largest absolute Gasteiger partial charge is 0.361 e. The molecule has 5 heteroatoms. The van der Waals surface area contributed by atoms with Gasteiger partial charge in [0.15, 0.2) is 0 Å². The maximum atomic E-state index is 13.5. The van der Waals surface area contributed by atoms with Gasteiger partial charge in [-0.25, -0.2) is 0 Å². The minimum absolute atomic E-state index is 0.0186. The first kappa shape index (κ1) is 23.1. The second kappa shape index (κ2) is 10.2. The molecule has 4 rings (SSSR count). The lowest BCUT2D eigenvalue weighted by molar-refractivity contribution is -0.142. The first-order valence-electron chi connectivity index (χ1n) is 12.1. The van der Waals surface area contributed by atoms with Gasteiger partial charge in [-0.3, -0.25) is 9.59 Å². The number of nitrogens with one attached hydrogen (secondary N) is 1. The smallest absolute Gasteiger partial charge is 0.242 e. The molecule has 174 valence electrons. The van der Waals surface area contributed by atoms with E-state index in [0.29, 0.717) is 25.6 Å². The first-order chi connectivity index (χ1) is 15.9. The number of carbonyl (C=O) groups is 2. The SMILES string of the molecule is Cc1ccc(CN(CCc2c[nH]c3ccccc23)C(=O)CN(CC(C)C)C(=O)C2CC2)cc1. The number of rotatable bonds is 10. The molecular formula is C28H35N3O2. The summed E-state index contributed by atoms with van der Waals surface area (Å²) >= 11 is 0. The van der Waals surface area contributed by atoms with Gasteiger partial charge in [-0.1, -0.05) is 61.9 Å². The van der Waals surface area contributed by atoms with Gasteiger partial charge in [0.2, 0.25) is 11.8 Å². The summed E-state index contributed by atoms with van der Waals surface area (Å²) in [5.74, 6) is 0.611. The summed E-state index contributed by atoms with van der Waals surface area (Å²) in [5.41, 5.74) is 4.63. The van der Waals surface area contributed by atoms with Gasteiger partial charge in [0.05, 0.1) is 6.54 Å². The molecule has 0 bridgehead atoms. The molecule has 0 aliphatic heterocycles. The average Bonchev–Trinajstić information content (AvgIpc) is 3.57. The third-order valence-corrected chi connectivity index (χ3v) is 6.32. The van der Waals surface area contributed by atoms with Gasteiger partial charge in [-0.15, -0.1) is 0 Å². The van der Waals surface area contributed by atoms with E-state index in [-0.39, 0.29) is 24.3 Å². The highest BCUT2D eigenvalue weighted by molar-refractivity contribution is 5.87. The van der Waals surface area contributed by atoms with Crippen LogP contribution in [0.5, 0.6) is 0 Å². The number of carbonyl (C=O) groups excluding carboxylic acids is 2. The van der Waals surface area contributed by atoms with E-state index in [0.717, 1.165) is 30.3 Å². The van der Waals surface area contributed by atoms with Crippen molar-refractivity contribution in [3.63, 3.8) is 0 Å². The van der Waals surface area contributed by atoms with Crippen LogP contribution in [0.3, 0.4) is 0 Å². The molecule has 3 aromatic rings. The van der Waals surface area contributed by atoms with Crippen molar-refractivity contribution in [2.24, 2.45) is 11.8 Å². The fourth-order valence-corrected chi connectivity index (χ4v) is 4.32. The number of amides is 2. The number of hydrogen-bond donors (Lipinski definition) is 1. The van der Waals surface area contributed by atoms with Crippen molar-refractivity contribution in [1.29, 1.82) is 0 Å². The summed E-state index contributed by atoms with van der Waals surface area (Å²) in [6.45, 7) is 8.21. The molecule has 0 atom stereocenters. The molecule has 2 aromatic carbocycles. The van der Waals surface area contributed by atoms with Crippen LogP contribution in [0.2, 0.25) is 0 Å². The molecule has 1 fully saturated rings. The number of fused-ring (bicyclic) bond motifs is 1. The third-order valence-electron chi connectivity index (χ3n) is 6.32. The highest BCUT2D eigenvalue weighted by Gasteiger charge is 2.34. The van der Waals surface area contributed by atoms with Gasteiger partial charge in [0.25, 0.3) is 0 Å². The lowest BCUT2D eigenvalue weighted by atomic mass is 10.1. The van der Waals surface area contributed by atoms with Crippen molar-refractivity contribution < 1.29 is 9.59 Å². The van der Waals surface area contributed by atoms with E-state index in [2.05, 4.69) is 62.2 Å². The highest BCUT2D eigenvalue weighted by atomic mass is 16.2. The van der Waals surface area contributed by atoms with Crippen LogP contribution >= 0.6 is 0 Å². The van der Waals surface area contributed by atoms with E-state index < -0.39 is 0 Å². The Morgan fingerprint density at radius 2 is 1.76 bits per heavy atom. The number of hydrogen-bond acceptors (Lipinski definition) is 2.